The molecule has 0 fully saturated rings. The average Bonchev–Trinajstić information content (AvgIpc) is 3.88. The van der Waals surface area contributed by atoms with E-state index >= 15 is 0 Å². The number of ether oxygens (including phenoxy) is 1. The zero-order chi connectivity index (χ0) is 47.9. The molecule has 8 aromatic carbocycles. The van der Waals surface area contributed by atoms with Crippen LogP contribution < -0.4 is 19.8 Å². The van der Waals surface area contributed by atoms with E-state index in [1.165, 1.54) is 55.7 Å². The van der Waals surface area contributed by atoms with Crippen molar-refractivity contribution in [3.05, 3.63) is 221 Å². The maximum atomic E-state index is 6.79. The summed E-state index contributed by atoms with van der Waals surface area (Å²) < 4.78 is 12.6. The number of pyridine rings is 1. The molecule has 6 nitrogen and oxygen atoms in total. The number of hydrogen-bond donors (Lipinski definition) is 0. The number of imidazole rings is 1. The summed E-state index contributed by atoms with van der Waals surface area (Å²) in [6.45, 7) is 13.6. The Kier molecular flexibility index (Phi) is 10.6. The number of nitrogens with zero attached hydrogens (tertiary/aromatic N) is 5. The van der Waals surface area contributed by atoms with Crippen LogP contribution in [-0.4, -0.2) is 21.1 Å². The fraction of sp³-hybridized carbons (Fsp3) is 0.129. The van der Waals surface area contributed by atoms with Crippen LogP contribution in [0.1, 0.15) is 52.7 Å². The van der Waals surface area contributed by atoms with Crippen molar-refractivity contribution >= 4 is 46.4 Å². The number of fused-ring (bicyclic) bond motifs is 9. The van der Waals surface area contributed by atoms with E-state index in [9.17, 15) is 0 Å². The molecule has 0 saturated carbocycles. The first kappa shape index (κ1) is 43.8. The Labute approximate surface area is 421 Å². The van der Waals surface area contributed by atoms with Crippen LogP contribution >= 0.6 is 0 Å². The van der Waals surface area contributed by atoms with Gasteiger partial charge in [0.2, 0.25) is 0 Å². The maximum absolute atomic E-state index is 6.79. The molecule has 8 heteroatoms. The van der Waals surface area contributed by atoms with Crippen LogP contribution in [0.5, 0.6) is 11.6 Å². The Morgan fingerprint density at radius 2 is 1.03 bits per heavy atom. The van der Waals surface area contributed by atoms with Crippen molar-refractivity contribution in [2.45, 2.75) is 52.4 Å². The Balaban J connectivity index is 0.973. The molecule has 0 unspecified atom stereocenters. The number of para-hydroxylation sites is 5. The first-order chi connectivity index (χ1) is 33.9. The van der Waals surface area contributed by atoms with Gasteiger partial charge in [0.25, 0.3) is 0 Å². The molecule has 2 aliphatic rings. The molecule has 0 saturated heterocycles. The van der Waals surface area contributed by atoms with Gasteiger partial charge in [-0.15, -0.1) is 0 Å². The van der Waals surface area contributed by atoms with Gasteiger partial charge in [0.05, 0.1) is 0 Å². The summed E-state index contributed by atoms with van der Waals surface area (Å²) in [6.07, 6.45) is 0. The molecule has 0 amide bonds. The molecule has 0 aliphatic carbocycles. The number of rotatable bonds is 7. The molecule has 2 aromatic heterocycles. The van der Waals surface area contributed by atoms with Crippen molar-refractivity contribution in [2.24, 2.45) is 0 Å². The van der Waals surface area contributed by atoms with Crippen LogP contribution in [0.25, 0.3) is 55.8 Å². The van der Waals surface area contributed by atoms with Crippen LogP contribution in [0.15, 0.2) is 206 Å². The molecule has 0 atom stereocenters. The number of aromatic nitrogens is 3. The molecule has 12 rings (SSSR count). The monoisotopic (exact) mass is 1090 g/mol. The van der Waals surface area contributed by atoms with E-state index in [0.717, 1.165) is 43.4 Å². The minimum atomic E-state index is -0.124. The molecule has 0 radical (unpaired) electrons. The molecule has 0 spiro atoms. The van der Waals surface area contributed by atoms with E-state index in [4.69, 9.17) is 9.72 Å². The number of anilines is 4. The Bertz CT molecular complexity index is 3710. The van der Waals surface area contributed by atoms with E-state index in [1.807, 2.05) is 18.2 Å². The standard InChI is InChI=1S/C62H52BN5O.Pt/c1-61(2,3)44-36-34-43(35-37-44)51-39-45(62(4,5)6)38-50(42-20-8-7-9-21-42)60(51)66-41-65(54-28-14-15-29-55(54)66)46-22-18-23-47(40-46)69-59-33-19-32-58(64-59)68-57-31-17-16-30-56(57)67-53-27-13-11-25-49(53)48-24-10-12-26-52(48)63(67)68;/h7-40H,1-6H3;. The normalized spacial score (nSPS) is 13.0. The summed E-state index contributed by atoms with van der Waals surface area (Å²) in [4.78, 5) is 10.1. The number of hydrogen-bond acceptors (Lipinski definition) is 4. The van der Waals surface area contributed by atoms with E-state index in [0.29, 0.717) is 11.6 Å². The van der Waals surface area contributed by atoms with Gasteiger partial charge in [-0.1, -0.05) is 54.6 Å². The van der Waals surface area contributed by atoms with Gasteiger partial charge < -0.3 is 0 Å². The first-order valence-electron chi connectivity index (χ1n) is 24.1. The Morgan fingerprint density at radius 1 is 0.457 bits per heavy atom. The third-order valence-electron chi connectivity index (χ3n) is 13.9. The summed E-state index contributed by atoms with van der Waals surface area (Å²) in [5.41, 5.74) is 18.7. The molecule has 2 aliphatic heterocycles. The van der Waals surface area contributed by atoms with Crippen LogP contribution in [0, 0.1) is 3.80 Å². The molecular formula is C62H52BN5OPt. The van der Waals surface area contributed by atoms with Crippen molar-refractivity contribution in [3.8, 4) is 56.4 Å². The third-order valence-corrected chi connectivity index (χ3v) is 14.9. The van der Waals surface area contributed by atoms with Gasteiger partial charge in [-0.05, 0) is 17.7 Å². The molecule has 4 heterocycles. The van der Waals surface area contributed by atoms with Gasteiger partial charge in [0, 0.05) is 11.3 Å². The predicted molar refractivity (Wildman–Crippen MR) is 286 cm³/mol. The second kappa shape index (κ2) is 16.9. The summed E-state index contributed by atoms with van der Waals surface area (Å²) >= 11 is 2.53. The SMILES string of the molecule is CC(C)(C)c1ccc(-c2cc(C(C)(C)C)cc(-c3ccccc3)c2-n2[c](=[Pt])n(-c3cccc(Oc4cccc(N5B6c7ccccc7-c7ccccc7N6c6ccccc65)n4)c3)c3ccccc32)cc1. The fourth-order valence-electron chi connectivity index (χ4n) is 10.4. The van der Waals surface area contributed by atoms with Crippen molar-refractivity contribution in [1.82, 2.24) is 14.1 Å². The van der Waals surface area contributed by atoms with Crippen molar-refractivity contribution in [3.63, 3.8) is 0 Å². The quantitative estimate of drug-likeness (QED) is 0.149. The van der Waals surface area contributed by atoms with Gasteiger partial charge in [0.15, 0.2) is 0 Å². The molecule has 10 aromatic rings. The predicted octanol–water partition coefficient (Wildman–Crippen LogP) is 15.3. The number of benzene rings is 8. The van der Waals surface area contributed by atoms with Gasteiger partial charge in [-0.25, -0.2) is 0 Å². The molecule has 0 N–H and O–H groups in total. The third kappa shape index (κ3) is 7.38. The molecular weight excluding hydrogens is 1040 g/mol. The van der Waals surface area contributed by atoms with Crippen LogP contribution in [0.2, 0.25) is 0 Å². The molecule has 0 bridgehead atoms. The molecule has 344 valence electrons. The van der Waals surface area contributed by atoms with Gasteiger partial charge in [0.1, 0.15) is 0 Å². The van der Waals surface area contributed by atoms with E-state index in [-0.39, 0.29) is 17.8 Å². The second-order valence-corrected chi connectivity index (χ2v) is 21.4. The summed E-state index contributed by atoms with van der Waals surface area (Å²) in [5, 5.41) is 0. The van der Waals surface area contributed by atoms with Gasteiger partial charge in [-0.3, -0.25) is 0 Å². The topological polar surface area (TPSA) is 38.5 Å². The first-order valence-corrected chi connectivity index (χ1v) is 25.2. The fourth-order valence-corrected chi connectivity index (χ4v) is 11.5. The van der Waals surface area contributed by atoms with Crippen molar-refractivity contribution in [1.29, 1.82) is 0 Å². The van der Waals surface area contributed by atoms with Crippen LogP contribution in [0.4, 0.5) is 22.9 Å². The van der Waals surface area contributed by atoms with Gasteiger partial charge in [-0.2, -0.15) is 0 Å². The average molecular weight is 1090 g/mol. The Hall–Kier alpha value is -7.47. The van der Waals surface area contributed by atoms with Crippen molar-refractivity contribution in [2.75, 3.05) is 9.62 Å². The van der Waals surface area contributed by atoms with Crippen molar-refractivity contribution < 1.29 is 24.1 Å². The summed E-state index contributed by atoms with van der Waals surface area (Å²) in [6, 6.07) is 74.2. The second-order valence-electron chi connectivity index (χ2n) is 20.4. The van der Waals surface area contributed by atoms with Crippen LogP contribution in [-0.2, 0) is 30.2 Å². The summed E-state index contributed by atoms with van der Waals surface area (Å²) in [5.74, 6) is 2.03. The van der Waals surface area contributed by atoms with Gasteiger partial charge >= 0.3 is 341 Å². The van der Waals surface area contributed by atoms with Crippen LogP contribution in [0.3, 0.4) is 0 Å². The van der Waals surface area contributed by atoms with E-state index < -0.39 is 0 Å². The van der Waals surface area contributed by atoms with E-state index in [1.54, 1.807) is 0 Å². The minimum absolute atomic E-state index is 0.0378. The zero-order valence-corrected chi connectivity index (χ0v) is 42.4. The zero-order valence-electron chi connectivity index (χ0n) is 40.2. The Morgan fingerprint density at radius 3 is 1.73 bits per heavy atom. The van der Waals surface area contributed by atoms with E-state index in [2.05, 4.69) is 268 Å². The molecule has 70 heavy (non-hydrogen) atoms. The summed E-state index contributed by atoms with van der Waals surface area (Å²) in [7, 11) is 0.